The standard InChI is InChI=1S/C25H30F4O/c1-2-3-4-18-5-7-19(8-6-18)9-10-20-11-13-21(14-12-20)25(28,29)30-22-15-16-23(26)24(27)17-22/h11-19H,2-10H2,1H3. The molecule has 0 aliphatic heterocycles. The number of hydrogen-bond donors (Lipinski definition) is 0. The minimum Gasteiger partial charge on any atom is -0.429 e. The summed E-state index contributed by atoms with van der Waals surface area (Å²) < 4.78 is 59.5. The van der Waals surface area contributed by atoms with Gasteiger partial charge in [-0.1, -0.05) is 64.0 Å². The summed E-state index contributed by atoms with van der Waals surface area (Å²) in [6.07, 6.45) is 7.45. The number of unbranched alkanes of at least 4 members (excludes halogenated alkanes) is 1. The molecule has 0 saturated heterocycles. The molecule has 30 heavy (non-hydrogen) atoms. The Hall–Kier alpha value is -2.04. The second-order valence-corrected chi connectivity index (χ2v) is 8.46. The van der Waals surface area contributed by atoms with Crippen LogP contribution in [0.25, 0.3) is 0 Å². The average Bonchev–Trinajstić information content (AvgIpc) is 2.74. The molecule has 1 fully saturated rings. The van der Waals surface area contributed by atoms with Gasteiger partial charge in [0.25, 0.3) is 0 Å². The Balaban J connectivity index is 1.50. The van der Waals surface area contributed by atoms with E-state index in [1.54, 1.807) is 12.1 Å². The van der Waals surface area contributed by atoms with E-state index in [4.69, 9.17) is 0 Å². The number of alkyl halides is 2. The molecule has 0 atom stereocenters. The molecule has 0 unspecified atom stereocenters. The number of rotatable bonds is 9. The molecule has 2 aromatic carbocycles. The third kappa shape index (κ3) is 6.23. The Morgan fingerprint density at radius 2 is 1.50 bits per heavy atom. The van der Waals surface area contributed by atoms with Crippen molar-refractivity contribution < 1.29 is 22.3 Å². The number of ether oxygens (including phenoxy) is 1. The molecule has 164 valence electrons. The van der Waals surface area contributed by atoms with Crippen molar-refractivity contribution in [1.29, 1.82) is 0 Å². The highest BCUT2D eigenvalue weighted by atomic mass is 19.3. The number of benzene rings is 2. The monoisotopic (exact) mass is 422 g/mol. The van der Waals surface area contributed by atoms with Gasteiger partial charge in [-0.2, -0.15) is 8.78 Å². The Morgan fingerprint density at radius 3 is 2.10 bits per heavy atom. The molecule has 0 N–H and O–H groups in total. The lowest BCUT2D eigenvalue weighted by molar-refractivity contribution is -0.185. The lowest BCUT2D eigenvalue weighted by Crippen LogP contribution is -2.22. The van der Waals surface area contributed by atoms with E-state index in [1.807, 2.05) is 0 Å². The van der Waals surface area contributed by atoms with Crippen LogP contribution in [0.1, 0.15) is 69.4 Å². The summed E-state index contributed by atoms with van der Waals surface area (Å²) in [5.41, 5.74) is 0.711. The highest BCUT2D eigenvalue weighted by Gasteiger charge is 2.34. The molecule has 5 heteroatoms. The minimum atomic E-state index is -3.63. The summed E-state index contributed by atoms with van der Waals surface area (Å²) in [5, 5.41) is 0. The van der Waals surface area contributed by atoms with Crippen molar-refractivity contribution in [2.75, 3.05) is 0 Å². The molecular weight excluding hydrogens is 392 g/mol. The van der Waals surface area contributed by atoms with E-state index in [9.17, 15) is 17.6 Å². The molecular formula is C25H30F4O. The summed E-state index contributed by atoms with van der Waals surface area (Å²) in [6.45, 7) is 2.24. The van der Waals surface area contributed by atoms with Crippen molar-refractivity contribution in [3.8, 4) is 5.75 Å². The van der Waals surface area contributed by atoms with Gasteiger partial charge < -0.3 is 4.74 Å². The molecule has 1 aliphatic rings. The lowest BCUT2D eigenvalue weighted by Gasteiger charge is -2.28. The highest BCUT2D eigenvalue weighted by molar-refractivity contribution is 5.28. The molecule has 1 aliphatic carbocycles. The summed E-state index contributed by atoms with van der Waals surface area (Å²) in [7, 11) is 0. The fourth-order valence-electron chi connectivity index (χ4n) is 4.29. The Kier molecular flexibility index (Phi) is 7.79. The van der Waals surface area contributed by atoms with Gasteiger partial charge in [-0.05, 0) is 54.5 Å². The van der Waals surface area contributed by atoms with Crippen LogP contribution in [0, 0.1) is 23.5 Å². The molecule has 0 bridgehead atoms. The smallest absolute Gasteiger partial charge is 0.426 e. The molecule has 1 nitrogen and oxygen atoms in total. The zero-order valence-corrected chi connectivity index (χ0v) is 17.5. The van der Waals surface area contributed by atoms with Crippen molar-refractivity contribution in [3.63, 3.8) is 0 Å². The molecule has 2 aromatic rings. The van der Waals surface area contributed by atoms with Crippen molar-refractivity contribution in [2.45, 2.75) is 70.8 Å². The van der Waals surface area contributed by atoms with E-state index >= 15 is 0 Å². The predicted molar refractivity (Wildman–Crippen MR) is 111 cm³/mol. The Labute approximate surface area is 176 Å². The maximum atomic E-state index is 14.4. The molecule has 1 saturated carbocycles. The Bertz CT molecular complexity index is 795. The van der Waals surface area contributed by atoms with Gasteiger partial charge in [-0.25, -0.2) is 8.78 Å². The topological polar surface area (TPSA) is 9.23 Å². The molecule has 0 radical (unpaired) electrons. The van der Waals surface area contributed by atoms with Crippen molar-refractivity contribution in [1.82, 2.24) is 0 Å². The lowest BCUT2D eigenvalue weighted by atomic mass is 9.78. The average molecular weight is 423 g/mol. The molecule has 0 amide bonds. The van der Waals surface area contributed by atoms with Crippen LogP contribution in [0.4, 0.5) is 17.6 Å². The van der Waals surface area contributed by atoms with E-state index in [1.165, 1.54) is 57.1 Å². The van der Waals surface area contributed by atoms with E-state index in [0.29, 0.717) is 6.07 Å². The third-order valence-corrected chi connectivity index (χ3v) is 6.20. The van der Waals surface area contributed by atoms with Crippen LogP contribution < -0.4 is 4.74 Å². The van der Waals surface area contributed by atoms with Gasteiger partial charge in [-0.15, -0.1) is 0 Å². The molecule has 0 heterocycles. The first-order chi connectivity index (χ1) is 14.4. The second kappa shape index (κ2) is 10.3. The zero-order valence-electron chi connectivity index (χ0n) is 17.5. The molecule has 0 aromatic heterocycles. The fourth-order valence-corrected chi connectivity index (χ4v) is 4.29. The summed E-state index contributed by atoms with van der Waals surface area (Å²) >= 11 is 0. The van der Waals surface area contributed by atoms with E-state index in [0.717, 1.165) is 42.4 Å². The van der Waals surface area contributed by atoms with Gasteiger partial charge in [0.05, 0.1) is 5.56 Å². The predicted octanol–water partition coefficient (Wildman–Crippen LogP) is 8.02. The number of halogens is 4. The van der Waals surface area contributed by atoms with Crippen LogP contribution in [0.2, 0.25) is 0 Å². The van der Waals surface area contributed by atoms with Crippen LogP contribution in [0.15, 0.2) is 42.5 Å². The SMILES string of the molecule is CCCCC1CCC(CCc2ccc(C(F)(F)Oc3ccc(F)c(F)c3)cc2)CC1. The minimum absolute atomic E-state index is 0.313. The quantitative estimate of drug-likeness (QED) is 0.372. The van der Waals surface area contributed by atoms with Gasteiger partial charge in [0.15, 0.2) is 11.6 Å². The fraction of sp³-hybridized carbons (Fsp3) is 0.520. The first-order valence-electron chi connectivity index (χ1n) is 11.0. The van der Waals surface area contributed by atoms with Gasteiger partial charge in [0.2, 0.25) is 0 Å². The number of aryl methyl sites for hydroxylation is 1. The maximum Gasteiger partial charge on any atom is 0.426 e. The zero-order chi connectivity index (χ0) is 21.6. The molecule has 3 rings (SSSR count). The maximum absolute atomic E-state index is 14.4. The molecule has 0 spiro atoms. The van der Waals surface area contributed by atoms with Crippen LogP contribution >= 0.6 is 0 Å². The Morgan fingerprint density at radius 1 is 0.867 bits per heavy atom. The second-order valence-electron chi connectivity index (χ2n) is 8.46. The van der Waals surface area contributed by atoms with Crippen LogP contribution in [-0.2, 0) is 12.5 Å². The van der Waals surface area contributed by atoms with Crippen LogP contribution in [-0.4, -0.2) is 0 Å². The van der Waals surface area contributed by atoms with Gasteiger partial charge >= 0.3 is 6.11 Å². The van der Waals surface area contributed by atoms with Crippen molar-refractivity contribution in [3.05, 3.63) is 65.2 Å². The van der Waals surface area contributed by atoms with E-state index < -0.39 is 23.5 Å². The number of hydrogen-bond acceptors (Lipinski definition) is 1. The normalized spacial score (nSPS) is 19.6. The largest absolute Gasteiger partial charge is 0.429 e. The van der Waals surface area contributed by atoms with Crippen molar-refractivity contribution >= 4 is 0 Å². The van der Waals surface area contributed by atoms with E-state index in [2.05, 4.69) is 11.7 Å². The summed E-state index contributed by atoms with van der Waals surface area (Å²) in [5.74, 6) is -1.14. The summed E-state index contributed by atoms with van der Waals surface area (Å²) in [4.78, 5) is 0. The van der Waals surface area contributed by atoms with Gasteiger partial charge in [-0.3, -0.25) is 0 Å². The van der Waals surface area contributed by atoms with Crippen LogP contribution in [0.5, 0.6) is 5.75 Å². The first-order valence-corrected chi connectivity index (χ1v) is 11.0. The van der Waals surface area contributed by atoms with Crippen LogP contribution in [0.3, 0.4) is 0 Å². The highest BCUT2D eigenvalue weighted by Crippen LogP contribution is 2.35. The van der Waals surface area contributed by atoms with Gasteiger partial charge in [0.1, 0.15) is 5.75 Å². The van der Waals surface area contributed by atoms with E-state index in [-0.39, 0.29) is 5.56 Å². The summed E-state index contributed by atoms with van der Waals surface area (Å²) in [6, 6.07) is 8.45. The third-order valence-electron chi connectivity index (χ3n) is 6.20. The van der Waals surface area contributed by atoms with Crippen molar-refractivity contribution in [2.24, 2.45) is 11.8 Å². The van der Waals surface area contributed by atoms with Gasteiger partial charge in [0, 0.05) is 6.07 Å². The first kappa shape index (κ1) is 22.6.